The summed E-state index contributed by atoms with van der Waals surface area (Å²) in [6, 6.07) is 13.0. The molecule has 3 aromatic rings. The first-order valence-corrected chi connectivity index (χ1v) is 9.57. The van der Waals surface area contributed by atoms with Gasteiger partial charge >= 0.3 is 0 Å². The molecule has 0 spiro atoms. The molecule has 28 heavy (non-hydrogen) atoms. The van der Waals surface area contributed by atoms with E-state index in [1.165, 1.54) is 36.7 Å². The number of aromatic nitrogens is 3. The predicted octanol–water partition coefficient (Wildman–Crippen LogP) is 2.27. The summed E-state index contributed by atoms with van der Waals surface area (Å²) in [5.41, 5.74) is 1.21. The molecule has 0 bridgehead atoms. The minimum absolute atomic E-state index is 0.0138. The monoisotopic (exact) mass is 399 g/mol. The SMILES string of the molecule is COc1ccccc1/C=C/C(=O)Nc1ccc(S(=O)(=O)Nc2nc[nH]n2)cc1. The predicted molar refractivity (Wildman–Crippen MR) is 104 cm³/mol. The summed E-state index contributed by atoms with van der Waals surface area (Å²) < 4.78 is 31.9. The number of ether oxygens (including phenoxy) is 1. The van der Waals surface area contributed by atoms with Crippen LogP contribution in [0.5, 0.6) is 5.75 Å². The summed E-state index contributed by atoms with van der Waals surface area (Å²) in [5, 5.41) is 8.72. The van der Waals surface area contributed by atoms with Crippen LogP contribution in [-0.4, -0.2) is 36.6 Å². The number of sulfonamides is 1. The Morgan fingerprint density at radius 2 is 1.89 bits per heavy atom. The Labute approximate surface area is 161 Å². The molecular formula is C18H17N5O4S. The third-order valence-corrected chi connectivity index (χ3v) is 4.97. The van der Waals surface area contributed by atoms with Crippen LogP contribution in [0.15, 0.2) is 65.8 Å². The number of carbonyl (C=O) groups excluding carboxylic acids is 1. The van der Waals surface area contributed by atoms with Gasteiger partial charge in [0.15, 0.2) is 0 Å². The van der Waals surface area contributed by atoms with E-state index < -0.39 is 10.0 Å². The summed E-state index contributed by atoms with van der Waals surface area (Å²) >= 11 is 0. The van der Waals surface area contributed by atoms with Gasteiger partial charge in [0.25, 0.3) is 16.0 Å². The van der Waals surface area contributed by atoms with E-state index >= 15 is 0 Å². The van der Waals surface area contributed by atoms with Gasteiger partial charge in [-0.25, -0.2) is 13.1 Å². The first kappa shape index (κ1) is 19.1. The fourth-order valence-electron chi connectivity index (χ4n) is 2.31. The normalized spacial score (nSPS) is 11.3. The Balaban J connectivity index is 1.65. The van der Waals surface area contributed by atoms with Crippen molar-refractivity contribution in [1.29, 1.82) is 0 Å². The molecule has 2 aromatic carbocycles. The molecule has 0 radical (unpaired) electrons. The smallest absolute Gasteiger partial charge is 0.264 e. The van der Waals surface area contributed by atoms with Gasteiger partial charge in [-0.15, -0.1) is 5.10 Å². The van der Waals surface area contributed by atoms with Gasteiger partial charge in [0.05, 0.1) is 12.0 Å². The number of nitrogens with zero attached hydrogens (tertiary/aromatic N) is 2. The van der Waals surface area contributed by atoms with Gasteiger partial charge in [0.2, 0.25) is 5.91 Å². The highest BCUT2D eigenvalue weighted by atomic mass is 32.2. The number of rotatable bonds is 7. The molecule has 0 saturated carbocycles. The Kier molecular flexibility index (Phi) is 5.70. The molecule has 144 valence electrons. The molecule has 1 heterocycles. The summed E-state index contributed by atoms with van der Waals surface area (Å²) in [5.74, 6) is 0.235. The average Bonchev–Trinajstić information content (AvgIpc) is 3.19. The number of hydrogen-bond acceptors (Lipinski definition) is 6. The lowest BCUT2D eigenvalue weighted by Gasteiger charge is -2.07. The van der Waals surface area contributed by atoms with Crippen molar-refractivity contribution >= 4 is 33.6 Å². The highest BCUT2D eigenvalue weighted by molar-refractivity contribution is 7.92. The molecule has 10 heteroatoms. The van der Waals surface area contributed by atoms with Crippen LogP contribution in [-0.2, 0) is 14.8 Å². The van der Waals surface area contributed by atoms with E-state index in [2.05, 4.69) is 25.2 Å². The molecule has 0 fully saturated rings. The number of hydrogen-bond donors (Lipinski definition) is 3. The summed E-state index contributed by atoms with van der Waals surface area (Å²) in [6.07, 6.45) is 4.26. The summed E-state index contributed by atoms with van der Waals surface area (Å²) in [6.45, 7) is 0. The van der Waals surface area contributed by atoms with E-state index in [9.17, 15) is 13.2 Å². The van der Waals surface area contributed by atoms with Crippen molar-refractivity contribution in [1.82, 2.24) is 15.2 Å². The number of H-pyrrole nitrogens is 1. The van der Waals surface area contributed by atoms with Crippen LogP contribution in [0.25, 0.3) is 6.08 Å². The standard InChI is InChI=1S/C18H17N5O4S/c1-27-16-5-3-2-4-13(16)6-11-17(24)21-14-7-9-15(10-8-14)28(25,26)23-18-19-12-20-22-18/h2-12H,1H3,(H,21,24)(H2,19,20,22,23)/b11-6+. The molecule has 0 unspecified atom stereocenters. The van der Waals surface area contributed by atoms with Gasteiger partial charge in [-0.1, -0.05) is 18.2 Å². The first-order chi connectivity index (χ1) is 13.5. The summed E-state index contributed by atoms with van der Waals surface area (Å²) in [7, 11) is -2.26. The van der Waals surface area contributed by atoms with Crippen molar-refractivity contribution in [3.05, 3.63) is 66.5 Å². The molecule has 0 saturated heterocycles. The van der Waals surface area contributed by atoms with Crippen LogP contribution in [0.2, 0.25) is 0 Å². The number of methoxy groups -OCH3 is 1. The Bertz CT molecular complexity index is 1080. The number of para-hydroxylation sites is 1. The highest BCUT2D eigenvalue weighted by Gasteiger charge is 2.15. The molecule has 3 N–H and O–H groups in total. The number of anilines is 2. The molecule has 0 atom stereocenters. The average molecular weight is 399 g/mol. The highest BCUT2D eigenvalue weighted by Crippen LogP contribution is 2.19. The summed E-state index contributed by atoms with van der Waals surface area (Å²) in [4.78, 5) is 15.8. The molecule has 0 aliphatic heterocycles. The topological polar surface area (TPSA) is 126 Å². The van der Waals surface area contributed by atoms with Gasteiger partial charge in [-0.3, -0.25) is 9.89 Å². The molecular weight excluding hydrogens is 382 g/mol. The van der Waals surface area contributed by atoms with Crippen LogP contribution in [0.1, 0.15) is 5.56 Å². The van der Waals surface area contributed by atoms with Gasteiger partial charge in [0, 0.05) is 17.3 Å². The maximum atomic E-state index is 12.2. The second-order valence-corrected chi connectivity index (χ2v) is 7.20. The number of carbonyl (C=O) groups is 1. The van der Waals surface area contributed by atoms with Gasteiger partial charge in [-0.2, -0.15) is 4.98 Å². The van der Waals surface area contributed by atoms with E-state index in [0.29, 0.717) is 11.4 Å². The second kappa shape index (κ2) is 8.35. The van der Waals surface area contributed by atoms with Crippen molar-refractivity contribution < 1.29 is 17.9 Å². The van der Waals surface area contributed by atoms with Crippen LogP contribution < -0.4 is 14.8 Å². The van der Waals surface area contributed by atoms with Crippen molar-refractivity contribution in [3.63, 3.8) is 0 Å². The number of nitrogens with one attached hydrogen (secondary N) is 3. The molecule has 9 nitrogen and oxygen atoms in total. The Hall–Kier alpha value is -3.66. The number of amides is 1. The number of benzene rings is 2. The fraction of sp³-hybridized carbons (Fsp3) is 0.0556. The lowest BCUT2D eigenvalue weighted by atomic mass is 10.2. The van der Waals surface area contributed by atoms with Crippen LogP contribution in [0, 0.1) is 0 Å². The first-order valence-electron chi connectivity index (χ1n) is 8.09. The largest absolute Gasteiger partial charge is 0.496 e. The maximum absolute atomic E-state index is 12.2. The quantitative estimate of drug-likeness (QED) is 0.523. The molecule has 0 aliphatic carbocycles. The molecule has 0 aliphatic rings. The van der Waals surface area contributed by atoms with E-state index in [4.69, 9.17) is 4.74 Å². The minimum Gasteiger partial charge on any atom is -0.496 e. The zero-order chi connectivity index (χ0) is 20.0. The van der Waals surface area contributed by atoms with Crippen molar-refractivity contribution in [3.8, 4) is 5.75 Å². The van der Waals surface area contributed by atoms with Crippen molar-refractivity contribution in [2.24, 2.45) is 0 Å². The molecule has 3 rings (SSSR count). The van der Waals surface area contributed by atoms with Crippen molar-refractivity contribution in [2.45, 2.75) is 4.90 Å². The third kappa shape index (κ3) is 4.74. The van der Waals surface area contributed by atoms with Gasteiger partial charge in [0.1, 0.15) is 12.1 Å². The Morgan fingerprint density at radius 1 is 1.14 bits per heavy atom. The molecule has 1 amide bonds. The van der Waals surface area contributed by atoms with Crippen LogP contribution in [0.3, 0.4) is 0 Å². The second-order valence-electron chi connectivity index (χ2n) is 5.52. The van der Waals surface area contributed by atoms with E-state index in [1.807, 2.05) is 18.2 Å². The molecule has 1 aromatic heterocycles. The van der Waals surface area contributed by atoms with Crippen molar-refractivity contribution in [2.75, 3.05) is 17.1 Å². The maximum Gasteiger partial charge on any atom is 0.264 e. The zero-order valence-corrected chi connectivity index (χ0v) is 15.6. The zero-order valence-electron chi connectivity index (χ0n) is 14.8. The van der Waals surface area contributed by atoms with E-state index in [1.54, 1.807) is 19.3 Å². The minimum atomic E-state index is -3.82. The number of aromatic amines is 1. The Morgan fingerprint density at radius 3 is 2.57 bits per heavy atom. The van der Waals surface area contributed by atoms with E-state index in [-0.39, 0.29) is 16.8 Å². The third-order valence-electron chi connectivity index (χ3n) is 3.63. The van der Waals surface area contributed by atoms with Crippen LogP contribution >= 0.6 is 0 Å². The van der Waals surface area contributed by atoms with E-state index in [0.717, 1.165) is 5.56 Å². The fourth-order valence-corrected chi connectivity index (χ4v) is 3.26. The van der Waals surface area contributed by atoms with Crippen LogP contribution in [0.4, 0.5) is 11.6 Å². The lowest BCUT2D eigenvalue weighted by Crippen LogP contribution is -2.14. The van der Waals surface area contributed by atoms with Gasteiger partial charge in [-0.05, 0) is 36.4 Å². The lowest BCUT2D eigenvalue weighted by molar-refractivity contribution is -0.111. The van der Waals surface area contributed by atoms with Gasteiger partial charge < -0.3 is 10.1 Å².